The number of amides is 1. The molecule has 18 heavy (non-hydrogen) atoms. The van der Waals surface area contributed by atoms with Gasteiger partial charge < -0.3 is 10.4 Å². The van der Waals surface area contributed by atoms with Crippen LogP contribution < -0.4 is 5.32 Å². The number of hydrogen-bond donors (Lipinski definition) is 3. The van der Waals surface area contributed by atoms with Crippen LogP contribution in [0.4, 0.5) is 0 Å². The Bertz CT molecular complexity index is 416. The lowest BCUT2D eigenvalue weighted by Gasteiger charge is -2.11. The van der Waals surface area contributed by atoms with Crippen LogP contribution in [0.25, 0.3) is 0 Å². The van der Waals surface area contributed by atoms with Crippen molar-refractivity contribution in [1.29, 1.82) is 0 Å². The van der Waals surface area contributed by atoms with E-state index in [0.29, 0.717) is 25.1 Å². The van der Waals surface area contributed by atoms with Gasteiger partial charge in [0.15, 0.2) is 0 Å². The van der Waals surface area contributed by atoms with Gasteiger partial charge in [0, 0.05) is 6.42 Å². The molecule has 1 atom stereocenters. The minimum Gasteiger partial charge on any atom is -0.480 e. The van der Waals surface area contributed by atoms with E-state index in [9.17, 15) is 9.59 Å². The van der Waals surface area contributed by atoms with E-state index in [1.54, 1.807) is 0 Å². The molecule has 0 spiro atoms. The maximum atomic E-state index is 11.7. The second kappa shape index (κ2) is 6.73. The Hall–Kier alpha value is -1.92. The van der Waals surface area contributed by atoms with Gasteiger partial charge in [0.05, 0.1) is 0 Å². The highest BCUT2D eigenvalue weighted by molar-refractivity contribution is 5.93. The lowest BCUT2D eigenvalue weighted by atomic mass is 10.1. The van der Waals surface area contributed by atoms with Crippen molar-refractivity contribution < 1.29 is 14.7 Å². The van der Waals surface area contributed by atoms with Crippen LogP contribution in [0.5, 0.6) is 0 Å². The first-order valence-corrected chi connectivity index (χ1v) is 6.03. The molecule has 1 aromatic heterocycles. The van der Waals surface area contributed by atoms with Crippen LogP contribution in [0.15, 0.2) is 0 Å². The second-order valence-corrected chi connectivity index (χ2v) is 4.01. The molecular weight excluding hydrogens is 236 g/mol. The fourth-order valence-electron chi connectivity index (χ4n) is 1.51. The molecule has 100 valence electrons. The van der Waals surface area contributed by atoms with Crippen molar-refractivity contribution in [2.75, 3.05) is 0 Å². The zero-order valence-corrected chi connectivity index (χ0v) is 10.6. The molecule has 1 amide bonds. The highest BCUT2D eigenvalue weighted by Crippen LogP contribution is 2.00. The van der Waals surface area contributed by atoms with Crippen LogP contribution in [-0.4, -0.2) is 38.2 Å². The van der Waals surface area contributed by atoms with Crippen molar-refractivity contribution in [3.05, 3.63) is 11.6 Å². The van der Waals surface area contributed by atoms with Gasteiger partial charge >= 0.3 is 5.97 Å². The summed E-state index contributed by atoms with van der Waals surface area (Å²) in [6.45, 7) is 3.85. The minimum atomic E-state index is -1.05. The summed E-state index contributed by atoms with van der Waals surface area (Å²) in [6, 6.07) is -0.893. The molecule has 7 heteroatoms. The first-order valence-electron chi connectivity index (χ1n) is 6.03. The third kappa shape index (κ3) is 3.83. The summed E-state index contributed by atoms with van der Waals surface area (Å²) >= 11 is 0. The fraction of sp³-hybridized carbons (Fsp3) is 0.636. The summed E-state index contributed by atoms with van der Waals surface area (Å²) in [5, 5.41) is 17.8. The van der Waals surface area contributed by atoms with E-state index in [0.717, 1.165) is 6.42 Å². The van der Waals surface area contributed by atoms with Gasteiger partial charge in [-0.25, -0.2) is 9.78 Å². The van der Waals surface area contributed by atoms with Gasteiger partial charge in [-0.1, -0.05) is 20.3 Å². The van der Waals surface area contributed by atoms with Gasteiger partial charge in [-0.15, -0.1) is 5.10 Å². The van der Waals surface area contributed by atoms with E-state index in [2.05, 4.69) is 20.5 Å². The topological polar surface area (TPSA) is 108 Å². The fourth-order valence-corrected chi connectivity index (χ4v) is 1.51. The molecule has 7 nitrogen and oxygen atoms in total. The molecule has 1 heterocycles. The Balaban J connectivity index is 2.64. The van der Waals surface area contributed by atoms with Crippen LogP contribution in [-0.2, 0) is 11.2 Å². The Morgan fingerprint density at radius 1 is 1.39 bits per heavy atom. The number of nitrogens with one attached hydrogen (secondary N) is 2. The number of carbonyl (C=O) groups is 2. The number of aryl methyl sites for hydroxylation is 1. The van der Waals surface area contributed by atoms with Gasteiger partial charge in [-0.3, -0.25) is 9.89 Å². The van der Waals surface area contributed by atoms with Gasteiger partial charge in [0.25, 0.3) is 5.91 Å². The van der Waals surface area contributed by atoms with E-state index in [-0.39, 0.29) is 5.82 Å². The molecule has 0 saturated heterocycles. The highest BCUT2D eigenvalue weighted by Gasteiger charge is 2.21. The molecule has 0 bridgehead atoms. The van der Waals surface area contributed by atoms with E-state index >= 15 is 0 Å². The third-order valence-electron chi connectivity index (χ3n) is 2.40. The SMILES string of the molecule is CCCc1nc(C(=O)NC(CCC)C(=O)O)n[nH]1. The van der Waals surface area contributed by atoms with Crippen molar-refractivity contribution in [2.24, 2.45) is 0 Å². The van der Waals surface area contributed by atoms with Crippen LogP contribution >= 0.6 is 0 Å². The van der Waals surface area contributed by atoms with Crippen LogP contribution in [0.2, 0.25) is 0 Å². The van der Waals surface area contributed by atoms with Gasteiger partial charge in [0.2, 0.25) is 5.82 Å². The molecule has 1 unspecified atom stereocenters. The molecule has 0 fully saturated rings. The first-order chi connectivity index (χ1) is 8.58. The van der Waals surface area contributed by atoms with E-state index in [1.807, 2.05) is 13.8 Å². The number of nitrogens with zero attached hydrogens (tertiary/aromatic N) is 2. The lowest BCUT2D eigenvalue weighted by molar-refractivity contribution is -0.139. The number of H-pyrrole nitrogens is 1. The molecule has 0 saturated carbocycles. The van der Waals surface area contributed by atoms with Crippen LogP contribution in [0.3, 0.4) is 0 Å². The maximum absolute atomic E-state index is 11.7. The Morgan fingerprint density at radius 2 is 2.11 bits per heavy atom. The second-order valence-electron chi connectivity index (χ2n) is 4.01. The molecular formula is C11H18N4O3. The van der Waals surface area contributed by atoms with E-state index in [4.69, 9.17) is 5.11 Å². The maximum Gasteiger partial charge on any atom is 0.326 e. The zero-order valence-electron chi connectivity index (χ0n) is 10.6. The van der Waals surface area contributed by atoms with Gasteiger partial charge in [-0.05, 0) is 12.8 Å². The number of carboxylic acid groups (broad SMARTS) is 1. The monoisotopic (exact) mass is 254 g/mol. The molecule has 0 aromatic carbocycles. The Labute approximate surface area is 105 Å². The lowest BCUT2D eigenvalue weighted by Crippen LogP contribution is -2.41. The van der Waals surface area contributed by atoms with E-state index < -0.39 is 17.9 Å². The van der Waals surface area contributed by atoms with Gasteiger partial charge in [0.1, 0.15) is 11.9 Å². The molecule has 1 rings (SSSR count). The molecule has 0 aliphatic rings. The van der Waals surface area contributed by atoms with Crippen LogP contribution in [0, 0.1) is 0 Å². The molecule has 0 aliphatic carbocycles. The number of aliphatic carboxylic acids is 1. The number of rotatable bonds is 7. The molecule has 0 radical (unpaired) electrons. The first kappa shape index (κ1) is 14.1. The van der Waals surface area contributed by atoms with Crippen molar-refractivity contribution >= 4 is 11.9 Å². The van der Waals surface area contributed by atoms with Crippen LogP contribution in [0.1, 0.15) is 49.6 Å². The quantitative estimate of drug-likeness (QED) is 0.665. The number of carboxylic acids is 1. The van der Waals surface area contributed by atoms with Crippen molar-refractivity contribution in [1.82, 2.24) is 20.5 Å². The van der Waals surface area contributed by atoms with Crippen molar-refractivity contribution in [3.63, 3.8) is 0 Å². The number of carbonyl (C=O) groups excluding carboxylic acids is 1. The number of hydrogen-bond acceptors (Lipinski definition) is 4. The third-order valence-corrected chi connectivity index (χ3v) is 2.40. The summed E-state index contributed by atoms with van der Waals surface area (Å²) in [7, 11) is 0. The predicted octanol–water partition coefficient (Wildman–Crippen LogP) is 0.740. The number of aromatic amines is 1. The molecule has 1 aromatic rings. The predicted molar refractivity (Wildman–Crippen MR) is 64.2 cm³/mol. The van der Waals surface area contributed by atoms with Crippen molar-refractivity contribution in [3.8, 4) is 0 Å². The summed E-state index contributed by atoms with van der Waals surface area (Å²) in [5.41, 5.74) is 0. The average molecular weight is 254 g/mol. The van der Waals surface area contributed by atoms with E-state index in [1.165, 1.54) is 0 Å². The minimum absolute atomic E-state index is 0.0131. The van der Waals surface area contributed by atoms with Gasteiger partial charge in [-0.2, -0.15) is 0 Å². The zero-order chi connectivity index (χ0) is 13.5. The summed E-state index contributed by atoms with van der Waals surface area (Å²) in [5.74, 6) is -0.991. The average Bonchev–Trinajstić information content (AvgIpc) is 2.77. The summed E-state index contributed by atoms with van der Waals surface area (Å²) in [6.07, 6.45) is 2.65. The molecule has 3 N–H and O–H groups in total. The smallest absolute Gasteiger partial charge is 0.326 e. The number of aromatic nitrogens is 3. The normalized spacial score (nSPS) is 12.1. The summed E-state index contributed by atoms with van der Waals surface area (Å²) in [4.78, 5) is 26.6. The Kier molecular flexibility index (Phi) is 5.29. The largest absolute Gasteiger partial charge is 0.480 e. The molecule has 0 aliphatic heterocycles. The van der Waals surface area contributed by atoms with Crippen molar-refractivity contribution in [2.45, 2.75) is 45.6 Å². The standard InChI is InChI=1S/C11H18N4O3/c1-3-5-7(11(17)18)12-10(16)9-13-8(6-4-2)14-15-9/h7H,3-6H2,1-2H3,(H,12,16)(H,17,18)(H,13,14,15). The Morgan fingerprint density at radius 3 is 2.67 bits per heavy atom. The highest BCUT2D eigenvalue weighted by atomic mass is 16.4. The summed E-state index contributed by atoms with van der Waals surface area (Å²) < 4.78 is 0.